The summed E-state index contributed by atoms with van der Waals surface area (Å²) >= 11 is 0. The van der Waals surface area contributed by atoms with Crippen LogP contribution in [0.25, 0.3) is 0 Å². The Morgan fingerprint density at radius 1 is 1.43 bits per heavy atom. The molecule has 14 heavy (non-hydrogen) atoms. The Kier molecular flexibility index (Phi) is 3.67. The molecule has 0 saturated carbocycles. The van der Waals surface area contributed by atoms with Crippen molar-refractivity contribution in [1.82, 2.24) is 0 Å². The highest BCUT2D eigenvalue weighted by atomic mass is 16.3. The molecule has 2 heteroatoms. The predicted octanol–water partition coefficient (Wildman–Crippen LogP) is 2.12. The van der Waals surface area contributed by atoms with E-state index in [1.54, 1.807) is 0 Å². The van der Waals surface area contributed by atoms with Gasteiger partial charge in [-0.1, -0.05) is 23.8 Å². The molecule has 0 aliphatic rings. The van der Waals surface area contributed by atoms with Crippen molar-refractivity contribution >= 4 is 0 Å². The lowest BCUT2D eigenvalue weighted by molar-refractivity contribution is 0.180. The average Bonchev–Trinajstić information content (AvgIpc) is 2.10. The summed E-state index contributed by atoms with van der Waals surface area (Å²) in [6, 6.07) is 8.11. The molecule has 1 aromatic rings. The smallest absolute Gasteiger partial charge is 0.0710 e. The maximum Gasteiger partial charge on any atom is 0.0710 e. The number of nitrogens with zero attached hydrogens (tertiary/aromatic N) is 1. The monoisotopic (exact) mass is 189 g/mol. The van der Waals surface area contributed by atoms with Gasteiger partial charge in [0.2, 0.25) is 0 Å². The van der Waals surface area contributed by atoms with Crippen molar-refractivity contribution in [1.29, 1.82) is 5.26 Å². The van der Waals surface area contributed by atoms with Crippen LogP contribution in [0.3, 0.4) is 0 Å². The van der Waals surface area contributed by atoms with Crippen LogP contribution in [0.4, 0.5) is 0 Å². The Balaban J connectivity index is 2.73. The number of nitriles is 1. The van der Waals surface area contributed by atoms with Gasteiger partial charge in [-0.2, -0.15) is 5.26 Å². The molecular formula is C12H15NO. The molecule has 0 aromatic heterocycles. The molecule has 1 unspecified atom stereocenters. The minimum absolute atomic E-state index is 0.202. The van der Waals surface area contributed by atoms with E-state index in [0.717, 1.165) is 5.56 Å². The fourth-order valence-corrected chi connectivity index (χ4v) is 1.51. The summed E-state index contributed by atoms with van der Waals surface area (Å²) in [5.41, 5.74) is 3.53. The Labute approximate surface area is 84.8 Å². The Bertz CT molecular complexity index is 352. The van der Waals surface area contributed by atoms with Gasteiger partial charge in [-0.15, -0.1) is 0 Å². The molecule has 0 radical (unpaired) electrons. The molecule has 0 bridgehead atoms. The number of hydrogen-bond acceptors (Lipinski definition) is 2. The summed E-state index contributed by atoms with van der Waals surface area (Å²) in [6.45, 7) is 4.07. The van der Waals surface area contributed by atoms with Crippen LogP contribution in [0.5, 0.6) is 0 Å². The highest BCUT2D eigenvalue weighted by Gasteiger charge is 2.06. The van der Waals surface area contributed by atoms with E-state index >= 15 is 0 Å². The molecule has 2 nitrogen and oxygen atoms in total. The summed E-state index contributed by atoms with van der Waals surface area (Å²) in [7, 11) is 0. The lowest BCUT2D eigenvalue weighted by Crippen LogP contribution is -2.10. The molecule has 0 aliphatic heterocycles. The molecule has 0 saturated heterocycles. The Morgan fingerprint density at radius 2 is 2.14 bits per heavy atom. The molecule has 0 heterocycles. The molecule has 1 atom stereocenters. The molecule has 1 aromatic carbocycles. The highest BCUT2D eigenvalue weighted by Crippen LogP contribution is 2.13. The van der Waals surface area contributed by atoms with Crippen molar-refractivity contribution in [2.75, 3.05) is 0 Å². The zero-order chi connectivity index (χ0) is 10.6. The van der Waals surface area contributed by atoms with Crippen molar-refractivity contribution in [2.45, 2.75) is 32.8 Å². The van der Waals surface area contributed by atoms with E-state index in [2.05, 4.69) is 6.07 Å². The van der Waals surface area contributed by atoms with Crippen LogP contribution < -0.4 is 0 Å². The molecule has 0 amide bonds. The molecule has 0 aliphatic carbocycles. The van der Waals surface area contributed by atoms with Crippen LogP contribution >= 0.6 is 0 Å². The lowest BCUT2D eigenvalue weighted by atomic mass is 9.99. The van der Waals surface area contributed by atoms with Crippen molar-refractivity contribution in [3.05, 3.63) is 34.9 Å². The van der Waals surface area contributed by atoms with Gasteiger partial charge < -0.3 is 5.11 Å². The molecule has 0 spiro atoms. The van der Waals surface area contributed by atoms with Crippen LogP contribution in [0.2, 0.25) is 0 Å². The van der Waals surface area contributed by atoms with E-state index in [1.165, 1.54) is 11.1 Å². The Hall–Kier alpha value is -1.33. The van der Waals surface area contributed by atoms with E-state index < -0.39 is 6.10 Å². The minimum atomic E-state index is -0.540. The summed E-state index contributed by atoms with van der Waals surface area (Å²) in [4.78, 5) is 0. The Morgan fingerprint density at radius 3 is 2.71 bits per heavy atom. The van der Waals surface area contributed by atoms with Crippen molar-refractivity contribution in [3.63, 3.8) is 0 Å². The molecule has 1 rings (SSSR count). The summed E-state index contributed by atoms with van der Waals surface area (Å²) in [6.07, 6.45) is 0.230. The predicted molar refractivity (Wildman–Crippen MR) is 55.9 cm³/mol. The fourth-order valence-electron chi connectivity index (χ4n) is 1.51. The number of hydrogen-bond donors (Lipinski definition) is 1. The number of rotatable bonds is 3. The average molecular weight is 189 g/mol. The highest BCUT2D eigenvalue weighted by molar-refractivity contribution is 5.30. The van der Waals surface area contributed by atoms with E-state index in [4.69, 9.17) is 5.26 Å². The van der Waals surface area contributed by atoms with Crippen LogP contribution in [0.1, 0.15) is 23.1 Å². The van der Waals surface area contributed by atoms with Crippen LogP contribution in [0.15, 0.2) is 18.2 Å². The minimum Gasteiger partial charge on any atom is -0.392 e. The number of benzene rings is 1. The first-order valence-corrected chi connectivity index (χ1v) is 4.74. The maximum atomic E-state index is 9.47. The zero-order valence-corrected chi connectivity index (χ0v) is 8.62. The second-order valence-electron chi connectivity index (χ2n) is 3.65. The van der Waals surface area contributed by atoms with Crippen LogP contribution in [-0.4, -0.2) is 11.2 Å². The van der Waals surface area contributed by atoms with Crippen molar-refractivity contribution in [2.24, 2.45) is 0 Å². The number of aryl methyl sites for hydroxylation is 2. The molecular weight excluding hydrogens is 174 g/mol. The first-order chi connectivity index (χ1) is 6.63. The van der Waals surface area contributed by atoms with Gasteiger partial charge in [0.05, 0.1) is 18.6 Å². The molecule has 74 valence electrons. The van der Waals surface area contributed by atoms with Gasteiger partial charge in [0.15, 0.2) is 0 Å². The summed E-state index contributed by atoms with van der Waals surface area (Å²) in [5, 5.41) is 17.9. The van der Waals surface area contributed by atoms with Crippen LogP contribution in [-0.2, 0) is 6.42 Å². The van der Waals surface area contributed by atoms with Gasteiger partial charge in [0.1, 0.15) is 0 Å². The fraction of sp³-hybridized carbons (Fsp3) is 0.417. The van der Waals surface area contributed by atoms with Crippen molar-refractivity contribution in [3.8, 4) is 6.07 Å². The van der Waals surface area contributed by atoms with Gasteiger partial charge in [-0.3, -0.25) is 0 Å². The molecule has 0 fully saturated rings. The largest absolute Gasteiger partial charge is 0.392 e. The number of aliphatic hydroxyl groups is 1. The topological polar surface area (TPSA) is 44.0 Å². The quantitative estimate of drug-likeness (QED) is 0.791. The van der Waals surface area contributed by atoms with Gasteiger partial charge >= 0.3 is 0 Å². The van der Waals surface area contributed by atoms with E-state index in [-0.39, 0.29) is 6.42 Å². The first-order valence-electron chi connectivity index (χ1n) is 4.74. The SMILES string of the molecule is Cc1ccc(CC(O)CC#N)c(C)c1. The third kappa shape index (κ3) is 2.86. The second kappa shape index (κ2) is 4.78. The van der Waals surface area contributed by atoms with E-state index in [1.807, 2.05) is 32.0 Å². The van der Waals surface area contributed by atoms with E-state index in [9.17, 15) is 5.11 Å². The molecule has 1 N–H and O–H groups in total. The normalized spacial score (nSPS) is 12.1. The maximum absolute atomic E-state index is 9.47. The van der Waals surface area contributed by atoms with Gasteiger partial charge in [-0.25, -0.2) is 0 Å². The van der Waals surface area contributed by atoms with Crippen LogP contribution in [0, 0.1) is 25.2 Å². The zero-order valence-electron chi connectivity index (χ0n) is 8.62. The third-order valence-corrected chi connectivity index (χ3v) is 2.28. The van der Waals surface area contributed by atoms with Gasteiger partial charge in [0.25, 0.3) is 0 Å². The third-order valence-electron chi connectivity index (χ3n) is 2.28. The summed E-state index contributed by atoms with van der Waals surface area (Å²) in [5.74, 6) is 0. The summed E-state index contributed by atoms with van der Waals surface area (Å²) < 4.78 is 0. The standard InChI is InChI=1S/C12H15NO/c1-9-3-4-11(10(2)7-9)8-12(14)5-6-13/h3-4,7,12,14H,5,8H2,1-2H3. The van der Waals surface area contributed by atoms with Gasteiger partial charge in [0, 0.05) is 0 Å². The van der Waals surface area contributed by atoms with Gasteiger partial charge in [-0.05, 0) is 31.4 Å². The van der Waals surface area contributed by atoms with E-state index in [0.29, 0.717) is 6.42 Å². The lowest BCUT2D eigenvalue weighted by Gasteiger charge is -2.09. The van der Waals surface area contributed by atoms with Crippen molar-refractivity contribution < 1.29 is 5.11 Å². The first kappa shape index (κ1) is 10.7. The second-order valence-corrected chi connectivity index (χ2v) is 3.65. The number of aliphatic hydroxyl groups excluding tert-OH is 1.